The minimum absolute atomic E-state index is 0.0456. The summed E-state index contributed by atoms with van der Waals surface area (Å²) in [5.41, 5.74) is 3.91. The van der Waals surface area contributed by atoms with Crippen molar-refractivity contribution in [3.8, 4) is 0 Å². The Kier molecular flexibility index (Phi) is 5.91. The van der Waals surface area contributed by atoms with Crippen LogP contribution in [0.5, 0.6) is 0 Å². The molecule has 0 aliphatic carbocycles. The van der Waals surface area contributed by atoms with Gasteiger partial charge in [0, 0.05) is 17.1 Å². The predicted octanol–water partition coefficient (Wildman–Crippen LogP) is 4.64. The molecular formula is C20H25N3O2. The van der Waals surface area contributed by atoms with Crippen LogP contribution in [0.4, 0.5) is 11.5 Å². The molecule has 0 spiro atoms. The fourth-order valence-electron chi connectivity index (χ4n) is 2.55. The summed E-state index contributed by atoms with van der Waals surface area (Å²) in [5, 5.41) is 11.8. The first-order chi connectivity index (χ1) is 11.8. The number of carbonyl (C=O) groups is 1. The van der Waals surface area contributed by atoms with Crippen LogP contribution in [0.2, 0.25) is 0 Å². The van der Waals surface area contributed by atoms with Crippen molar-refractivity contribution < 1.29 is 9.53 Å². The van der Waals surface area contributed by atoms with Gasteiger partial charge in [0.25, 0.3) is 0 Å². The molecule has 0 aliphatic rings. The third-order valence-corrected chi connectivity index (χ3v) is 3.77. The van der Waals surface area contributed by atoms with E-state index in [1.165, 1.54) is 0 Å². The van der Waals surface area contributed by atoms with Crippen LogP contribution in [-0.4, -0.2) is 23.3 Å². The second-order valence-electron chi connectivity index (χ2n) is 6.32. The van der Waals surface area contributed by atoms with Crippen LogP contribution >= 0.6 is 0 Å². The van der Waals surface area contributed by atoms with Gasteiger partial charge in [0.15, 0.2) is 0 Å². The molecule has 132 valence electrons. The van der Waals surface area contributed by atoms with Crippen molar-refractivity contribution in [2.75, 3.05) is 11.9 Å². The molecule has 1 heterocycles. The highest BCUT2D eigenvalue weighted by molar-refractivity contribution is 6.11. The SMILES string of the molecule is CCOC(=O)c1cc(C)nc(Nc2cccc(C)c2)c1C(=N)C(C)C. The van der Waals surface area contributed by atoms with Crippen LogP contribution in [0, 0.1) is 25.2 Å². The van der Waals surface area contributed by atoms with Crippen LogP contribution < -0.4 is 5.32 Å². The van der Waals surface area contributed by atoms with Gasteiger partial charge in [-0.05, 0) is 50.5 Å². The Balaban J connectivity index is 2.60. The number of ether oxygens (including phenoxy) is 1. The van der Waals surface area contributed by atoms with Crippen LogP contribution in [0.1, 0.15) is 48.0 Å². The zero-order chi connectivity index (χ0) is 18.6. The molecule has 5 heteroatoms. The molecule has 0 atom stereocenters. The minimum atomic E-state index is -0.430. The Morgan fingerprint density at radius 1 is 1.28 bits per heavy atom. The number of rotatable bonds is 6. The van der Waals surface area contributed by atoms with Gasteiger partial charge in [-0.3, -0.25) is 0 Å². The van der Waals surface area contributed by atoms with E-state index in [0.717, 1.165) is 11.3 Å². The summed E-state index contributed by atoms with van der Waals surface area (Å²) in [4.78, 5) is 17.0. The molecule has 0 amide bonds. The van der Waals surface area contributed by atoms with E-state index in [4.69, 9.17) is 10.1 Å². The molecule has 0 bridgehead atoms. The molecule has 1 aromatic carbocycles. The van der Waals surface area contributed by atoms with Gasteiger partial charge >= 0.3 is 5.97 Å². The van der Waals surface area contributed by atoms with E-state index < -0.39 is 5.97 Å². The molecule has 2 N–H and O–H groups in total. The van der Waals surface area contributed by atoms with E-state index in [0.29, 0.717) is 28.4 Å². The molecule has 0 fully saturated rings. The van der Waals surface area contributed by atoms with Crippen molar-refractivity contribution in [1.29, 1.82) is 5.41 Å². The zero-order valence-electron chi connectivity index (χ0n) is 15.4. The van der Waals surface area contributed by atoms with Gasteiger partial charge in [-0.2, -0.15) is 0 Å². The standard InChI is InChI=1S/C20H25N3O2/c1-6-25-20(24)16-11-14(5)22-19(17(16)18(21)12(2)3)23-15-9-7-8-13(4)10-15/h7-12,21H,6H2,1-5H3,(H,22,23). The summed E-state index contributed by atoms with van der Waals surface area (Å²) in [6, 6.07) is 9.58. The normalized spacial score (nSPS) is 10.6. The Bertz CT molecular complexity index is 798. The molecule has 0 saturated carbocycles. The van der Waals surface area contributed by atoms with Crippen LogP contribution in [-0.2, 0) is 4.74 Å². The summed E-state index contributed by atoms with van der Waals surface area (Å²) in [6.45, 7) is 9.74. The van der Waals surface area contributed by atoms with Crippen molar-refractivity contribution in [2.45, 2.75) is 34.6 Å². The van der Waals surface area contributed by atoms with Crippen molar-refractivity contribution in [2.24, 2.45) is 5.92 Å². The third kappa shape index (κ3) is 4.44. The molecule has 0 unspecified atom stereocenters. The van der Waals surface area contributed by atoms with E-state index >= 15 is 0 Å². The Morgan fingerprint density at radius 3 is 2.60 bits per heavy atom. The van der Waals surface area contributed by atoms with Crippen molar-refractivity contribution in [3.05, 3.63) is 52.7 Å². The van der Waals surface area contributed by atoms with Crippen molar-refractivity contribution in [3.63, 3.8) is 0 Å². The van der Waals surface area contributed by atoms with E-state index in [1.807, 2.05) is 52.0 Å². The van der Waals surface area contributed by atoms with Crippen LogP contribution in [0.3, 0.4) is 0 Å². The van der Waals surface area contributed by atoms with Gasteiger partial charge < -0.3 is 15.5 Å². The molecule has 0 saturated heterocycles. The number of benzene rings is 1. The zero-order valence-corrected chi connectivity index (χ0v) is 15.4. The Labute approximate surface area is 149 Å². The van der Waals surface area contributed by atoms with Gasteiger partial charge in [0.05, 0.1) is 17.7 Å². The molecule has 0 radical (unpaired) electrons. The average molecular weight is 339 g/mol. The third-order valence-electron chi connectivity index (χ3n) is 3.77. The molecular weight excluding hydrogens is 314 g/mol. The number of pyridine rings is 1. The Hall–Kier alpha value is -2.69. The lowest BCUT2D eigenvalue weighted by molar-refractivity contribution is 0.0526. The van der Waals surface area contributed by atoms with Gasteiger partial charge in [-0.15, -0.1) is 0 Å². The molecule has 25 heavy (non-hydrogen) atoms. The number of aryl methyl sites for hydroxylation is 2. The monoisotopic (exact) mass is 339 g/mol. The lowest BCUT2D eigenvalue weighted by Gasteiger charge is -2.18. The second-order valence-corrected chi connectivity index (χ2v) is 6.32. The largest absolute Gasteiger partial charge is 0.462 e. The topological polar surface area (TPSA) is 75.1 Å². The fourth-order valence-corrected chi connectivity index (χ4v) is 2.55. The average Bonchev–Trinajstić information content (AvgIpc) is 2.54. The molecule has 1 aromatic heterocycles. The van der Waals surface area contributed by atoms with Crippen LogP contribution in [0.25, 0.3) is 0 Å². The first-order valence-corrected chi connectivity index (χ1v) is 8.44. The van der Waals surface area contributed by atoms with E-state index in [2.05, 4.69) is 10.3 Å². The number of aromatic nitrogens is 1. The summed E-state index contributed by atoms with van der Waals surface area (Å²) in [7, 11) is 0. The highest BCUT2D eigenvalue weighted by Crippen LogP contribution is 2.27. The number of hydrogen-bond donors (Lipinski definition) is 2. The van der Waals surface area contributed by atoms with Gasteiger partial charge in [-0.1, -0.05) is 26.0 Å². The number of hydrogen-bond acceptors (Lipinski definition) is 5. The van der Waals surface area contributed by atoms with Gasteiger partial charge in [0.2, 0.25) is 0 Å². The molecule has 2 aromatic rings. The quantitative estimate of drug-likeness (QED) is 0.594. The van der Waals surface area contributed by atoms with E-state index in [9.17, 15) is 4.79 Å². The van der Waals surface area contributed by atoms with Crippen molar-refractivity contribution >= 4 is 23.2 Å². The highest BCUT2D eigenvalue weighted by Gasteiger charge is 2.23. The van der Waals surface area contributed by atoms with Gasteiger partial charge in [0.1, 0.15) is 5.82 Å². The summed E-state index contributed by atoms with van der Waals surface area (Å²) < 4.78 is 5.19. The Morgan fingerprint density at radius 2 is 2.00 bits per heavy atom. The van der Waals surface area contributed by atoms with E-state index in [-0.39, 0.29) is 12.5 Å². The van der Waals surface area contributed by atoms with Gasteiger partial charge in [-0.25, -0.2) is 9.78 Å². The lowest BCUT2D eigenvalue weighted by Crippen LogP contribution is -2.19. The molecule has 5 nitrogen and oxygen atoms in total. The minimum Gasteiger partial charge on any atom is -0.462 e. The maximum atomic E-state index is 12.4. The number of nitrogens with one attached hydrogen (secondary N) is 2. The maximum Gasteiger partial charge on any atom is 0.338 e. The fraction of sp³-hybridized carbons (Fsp3) is 0.350. The molecule has 2 rings (SSSR count). The lowest BCUT2D eigenvalue weighted by atomic mass is 9.95. The molecule has 0 aliphatic heterocycles. The number of carbonyl (C=O) groups excluding carboxylic acids is 1. The summed E-state index contributed by atoms with van der Waals surface area (Å²) in [6.07, 6.45) is 0. The summed E-state index contributed by atoms with van der Waals surface area (Å²) >= 11 is 0. The second kappa shape index (κ2) is 7.92. The maximum absolute atomic E-state index is 12.4. The summed E-state index contributed by atoms with van der Waals surface area (Å²) in [5.74, 6) is 0.0313. The number of nitrogens with zero attached hydrogens (tertiary/aromatic N) is 1. The highest BCUT2D eigenvalue weighted by atomic mass is 16.5. The first kappa shape index (κ1) is 18.6. The van der Waals surface area contributed by atoms with Crippen molar-refractivity contribution in [1.82, 2.24) is 4.98 Å². The first-order valence-electron chi connectivity index (χ1n) is 8.44. The van der Waals surface area contributed by atoms with Crippen LogP contribution in [0.15, 0.2) is 30.3 Å². The number of esters is 1. The smallest absolute Gasteiger partial charge is 0.338 e. The number of anilines is 2. The van der Waals surface area contributed by atoms with E-state index in [1.54, 1.807) is 13.0 Å². The predicted molar refractivity (Wildman–Crippen MR) is 101 cm³/mol.